The van der Waals surface area contributed by atoms with Crippen molar-refractivity contribution < 1.29 is 19.1 Å². The van der Waals surface area contributed by atoms with Crippen molar-refractivity contribution in [2.45, 2.75) is 26.4 Å². The maximum Gasteiger partial charge on any atom is 0.278 e. The molecule has 6 heteroatoms. The molecule has 0 aromatic heterocycles. The summed E-state index contributed by atoms with van der Waals surface area (Å²) in [5.41, 5.74) is 2.08. The zero-order valence-electron chi connectivity index (χ0n) is 17.0. The second-order valence-corrected chi connectivity index (χ2v) is 7.04. The van der Waals surface area contributed by atoms with Crippen molar-refractivity contribution in [1.29, 1.82) is 0 Å². The molecule has 1 N–H and O–H groups in total. The number of methoxy groups -OCH3 is 1. The number of carbonyl (C=O) groups is 2. The van der Waals surface area contributed by atoms with Gasteiger partial charge in [0.1, 0.15) is 11.4 Å². The van der Waals surface area contributed by atoms with E-state index in [2.05, 4.69) is 5.32 Å². The zero-order valence-corrected chi connectivity index (χ0v) is 17.0. The first kappa shape index (κ1) is 20.6. The fourth-order valence-corrected chi connectivity index (χ4v) is 3.17. The highest BCUT2D eigenvalue weighted by molar-refractivity contribution is 6.36. The van der Waals surface area contributed by atoms with E-state index in [1.165, 1.54) is 4.90 Å². The van der Waals surface area contributed by atoms with Crippen molar-refractivity contribution in [3.63, 3.8) is 0 Å². The fraction of sp³-hybridized carbons (Fsp3) is 0.304. The number of imide groups is 1. The van der Waals surface area contributed by atoms with Gasteiger partial charge in [0.2, 0.25) is 0 Å². The van der Waals surface area contributed by atoms with Crippen LogP contribution in [0.5, 0.6) is 5.75 Å². The Kier molecular flexibility index (Phi) is 6.67. The summed E-state index contributed by atoms with van der Waals surface area (Å²) in [5.74, 6) is 0.0881. The van der Waals surface area contributed by atoms with Crippen LogP contribution in [0.1, 0.15) is 25.8 Å². The first-order valence-electron chi connectivity index (χ1n) is 9.70. The van der Waals surface area contributed by atoms with Crippen molar-refractivity contribution in [2.75, 3.05) is 25.6 Å². The third-order valence-electron chi connectivity index (χ3n) is 4.46. The summed E-state index contributed by atoms with van der Waals surface area (Å²) in [7, 11) is 1.60. The molecule has 0 spiro atoms. The van der Waals surface area contributed by atoms with Crippen molar-refractivity contribution in [3.8, 4) is 5.75 Å². The highest BCUT2D eigenvalue weighted by Gasteiger charge is 2.38. The number of benzene rings is 2. The monoisotopic (exact) mass is 394 g/mol. The van der Waals surface area contributed by atoms with Crippen LogP contribution in [-0.4, -0.2) is 43.1 Å². The molecule has 1 aliphatic rings. The standard InChI is InChI=1S/C23H26N2O4/c1-16(2)29-19-12-10-17(11-13-19)20-21(24-18-8-5-4-6-9-18)23(27)25(22(20)26)14-7-15-28-3/h4-6,8-13,16,24H,7,14-15H2,1-3H3. The fourth-order valence-electron chi connectivity index (χ4n) is 3.17. The molecule has 29 heavy (non-hydrogen) atoms. The topological polar surface area (TPSA) is 67.9 Å². The molecule has 1 heterocycles. The van der Waals surface area contributed by atoms with Gasteiger partial charge in [0.15, 0.2) is 0 Å². The Hall–Kier alpha value is -3.12. The summed E-state index contributed by atoms with van der Waals surface area (Å²) >= 11 is 0. The summed E-state index contributed by atoms with van der Waals surface area (Å²) in [6.45, 7) is 4.70. The second-order valence-electron chi connectivity index (χ2n) is 7.04. The summed E-state index contributed by atoms with van der Waals surface area (Å²) in [5, 5.41) is 3.14. The molecule has 1 aliphatic heterocycles. The minimum atomic E-state index is -0.326. The lowest BCUT2D eigenvalue weighted by Gasteiger charge is -2.15. The first-order chi connectivity index (χ1) is 14.0. The van der Waals surface area contributed by atoms with Gasteiger partial charge in [0, 0.05) is 25.9 Å². The molecule has 152 valence electrons. The molecule has 0 saturated carbocycles. The zero-order chi connectivity index (χ0) is 20.8. The van der Waals surface area contributed by atoms with Crippen LogP contribution in [0.2, 0.25) is 0 Å². The van der Waals surface area contributed by atoms with Crippen LogP contribution in [0.3, 0.4) is 0 Å². The average Bonchev–Trinajstić information content (AvgIpc) is 2.93. The Bertz CT molecular complexity index is 889. The first-order valence-corrected chi connectivity index (χ1v) is 9.70. The summed E-state index contributed by atoms with van der Waals surface area (Å²) in [4.78, 5) is 27.4. The molecule has 2 amide bonds. The van der Waals surface area contributed by atoms with E-state index in [-0.39, 0.29) is 23.6 Å². The number of rotatable bonds is 9. The SMILES string of the molecule is COCCCN1C(=O)C(Nc2ccccc2)=C(c2ccc(OC(C)C)cc2)C1=O. The molecular formula is C23H26N2O4. The Labute approximate surface area is 171 Å². The highest BCUT2D eigenvalue weighted by Crippen LogP contribution is 2.31. The molecule has 0 bridgehead atoms. The molecule has 3 rings (SSSR count). The molecule has 0 radical (unpaired) electrons. The lowest BCUT2D eigenvalue weighted by molar-refractivity contribution is -0.136. The number of ether oxygens (including phenoxy) is 2. The van der Waals surface area contributed by atoms with E-state index in [1.807, 2.05) is 68.4 Å². The third-order valence-corrected chi connectivity index (χ3v) is 4.46. The van der Waals surface area contributed by atoms with Crippen LogP contribution in [0, 0.1) is 0 Å². The maximum atomic E-state index is 13.1. The minimum absolute atomic E-state index is 0.0568. The Balaban J connectivity index is 1.94. The number of carbonyl (C=O) groups excluding carboxylic acids is 2. The van der Waals surface area contributed by atoms with Gasteiger partial charge in [0.25, 0.3) is 11.8 Å². The Morgan fingerprint density at radius 1 is 0.966 bits per heavy atom. The molecule has 6 nitrogen and oxygen atoms in total. The summed E-state index contributed by atoms with van der Waals surface area (Å²) in [6.07, 6.45) is 0.641. The van der Waals surface area contributed by atoms with E-state index >= 15 is 0 Å². The van der Waals surface area contributed by atoms with E-state index < -0.39 is 0 Å². The van der Waals surface area contributed by atoms with Gasteiger partial charge in [-0.15, -0.1) is 0 Å². The molecule has 2 aromatic carbocycles. The largest absolute Gasteiger partial charge is 0.491 e. The number of amides is 2. The quantitative estimate of drug-likeness (QED) is 0.519. The van der Waals surface area contributed by atoms with Crippen molar-refractivity contribution in [3.05, 3.63) is 65.9 Å². The molecule has 2 aromatic rings. The van der Waals surface area contributed by atoms with E-state index in [0.717, 1.165) is 11.4 Å². The number of anilines is 1. The number of nitrogens with zero attached hydrogens (tertiary/aromatic N) is 1. The van der Waals surface area contributed by atoms with Gasteiger partial charge in [0.05, 0.1) is 11.7 Å². The van der Waals surface area contributed by atoms with Gasteiger partial charge in [-0.3, -0.25) is 14.5 Å². The van der Waals surface area contributed by atoms with Gasteiger partial charge in [-0.1, -0.05) is 30.3 Å². The number of para-hydroxylation sites is 1. The predicted molar refractivity (Wildman–Crippen MR) is 112 cm³/mol. The minimum Gasteiger partial charge on any atom is -0.491 e. The second kappa shape index (κ2) is 9.39. The number of hydrogen-bond acceptors (Lipinski definition) is 5. The van der Waals surface area contributed by atoms with E-state index in [4.69, 9.17) is 9.47 Å². The van der Waals surface area contributed by atoms with Crippen LogP contribution in [0.25, 0.3) is 5.57 Å². The summed E-state index contributed by atoms with van der Waals surface area (Å²) in [6, 6.07) is 16.6. The molecular weight excluding hydrogens is 368 g/mol. The predicted octanol–water partition coefficient (Wildman–Crippen LogP) is 3.70. The normalized spacial score (nSPS) is 14.1. The number of hydrogen-bond donors (Lipinski definition) is 1. The lowest BCUT2D eigenvalue weighted by atomic mass is 10.0. The van der Waals surface area contributed by atoms with Gasteiger partial charge in [-0.25, -0.2) is 0 Å². The van der Waals surface area contributed by atoms with Gasteiger partial charge < -0.3 is 14.8 Å². The maximum absolute atomic E-state index is 13.1. The number of nitrogens with one attached hydrogen (secondary N) is 1. The van der Waals surface area contributed by atoms with Gasteiger partial charge in [-0.05, 0) is 50.1 Å². The van der Waals surface area contributed by atoms with Crippen molar-refractivity contribution >= 4 is 23.1 Å². The van der Waals surface area contributed by atoms with Crippen molar-refractivity contribution in [1.82, 2.24) is 4.90 Å². The molecule has 0 aliphatic carbocycles. The Morgan fingerprint density at radius 2 is 1.66 bits per heavy atom. The van der Waals surface area contributed by atoms with Crippen LogP contribution >= 0.6 is 0 Å². The lowest BCUT2D eigenvalue weighted by Crippen LogP contribution is -2.33. The van der Waals surface area contributed by atoms with Gasteiger partial charge >= 0.3 is 0 Å². The smallest absolute Gasteiger partial charge is 0.278 e. The molecule has 0 fully saturated rings. The van der Waals surface area contributed by atoms with E-state index in [9.17, 15) is 9.59 Å². The molecule has 0 atom stereocenters. The van der Waals surface area contributed by atoms with Crippen LogP contribution in [0.15, 0.2) is 60.3 Å². The molecule has 0 unspecified atom stereocenters. The van der Waals surface area contributed by atoms with Gasteiger partial charge in [-0.2, -0.15) is 0 Å². The highest BCUT2D eigenvalue weighted by atomic mass is 16.5. The van der Waals surface area contributed by atoms with E-state index in [0.29, 0.717) is 30.7 Å². The van der Waals surface area contributed by atoms with Crippen LogP contribution in [-0.2, 0) is 14.3 Å². The van der Waals surface area contributed by atoms with E-state index in [1.54, 1.807) is 7.11 Å². The van der Waals surface area contributed by atoms with Crippen molar-refractivity contribution in [2.24, 2.45) is 0 Å². The average molecular weight is 394 g/mol. The molecule has 0 saturated heterocycles. The van der Waals surface area contributed by atoms with Crippen LogP contribution in [0.4, 0.5) is 5.69 Å². The van der Waals surface area contributed by atoms with Crippen LogP contribution < -0.4 is 10.1 Å². The third kappa shape index (κ3) is 4.84. The Morgan fingerprint density at radius 3 is 2.28 bits per heavy atom. The summed E-state index contributed by atoms with van der Waals surface area (Å²) < 4.78 is 10.7.